The third kappa shape index (κ3) is 4.95. The van der Waals surface area contributed by atoms with Crippen molar-refractivity contribution >= 4 is 17.6 Å². The molecule has 1 saturated heterocycles. The highest BCUT2D eigenvalue weighted by molar-refractivity contribution is 6.36. The van der Waals surface area contributed by atoms with Crippen LogP contribution in [0, 0.1) is 6.92 Å². The maximum absolute atomic E-state index is 12.6. The summed E-state index contributed by atoms with van der Waals surface area (Å²) in [7, 11) is 0. The number of aromatic nitrogens is 2. The number of aryl methyl sites for hydroxylation is 1. The summed E-state index contributed by atoms with van der Waals surface area (Å²) in [6.45, 7) is 3.80. The van der Waals surface area contributed by atoms with Crippen molar-refractivity contribution in [3.63, 3.8) is 0 Å². The van der Waals surface area contributed by atoms with Crippen LogP contribution in [0.15, 0.2) is 42.7 Å². The lowest BCUT2D eigenvalue weighted by Crippen LogP contribution is -2.41. The number of nitrogens with zero attached hydrogens (tertiary/aromatic N) is 5. The minimum atomic E-state index is -0.786. The van der Waals surface area contributed by atoms with Crippen LogP contribution in [0.5, 0.6) is 0 Å². The number of carbonyl (C=O) groups is 1. The first-order valence-corrected chi connectivity index (χ1v) is 8.54. The van der Waals surface area contributed by atoms with Gasteiger partial charge in [0.25, 0.3) is 0 Å². The number of hydrogen-bond donors (Lipinski definition) is 1. The van der Waals surface area contributed by atoms with Gasteiger partial charge in [-0.05, 0) is 18.6 Å². The average Bonchev–Trinajstić information content (AvgIpc) is 2.70. The molecule has 0 saturated carbocycles. The van der Waals surface area contributed by atoms with Crippen molar-refractivity contribution in [2.24, 2.45) is 0 Å². The van der Waals surface area contributed by atoms with Gasteiger partial charge >= 0.3 is 11.7 Å². The van der Waals surface area contributed by atoms with Gasteiger partial charge in [0.1, 0.15) is 0 Å². The van der Waals surface area contributed by atoms with Crippen LogP contribution < -0.4 is 5.32 Å². The number of rotatable bonds is 6. The van der Waals surface area contributed by atoms with Crippen molar-refractivity contribution < 1.29 is 19.2 Å². The Morgan fingerprint density at radius 3 is 2.56 bits per heavy atom. The Morgan fingerprint density at radius 2 is 1.93 bits per heavy atom. The maximum atomic E-state index is 12.6. The fourth-order valence-electron chi connectivity index (χ4n) is 2.59. The van der Waals surface area contributed by atoms with Crippen molar-refractivity contribution in [1.29, 1.82) is 0 Å². The number of hydroxylamine groups is 2. The molecule has 1 fully saturated rings. The summed E-state index contributed by atoms with van der Waals surface area (Å²) in [5, 5.41) is 4.52. The van der Waals surface area contributed by atoms with Crippen molar-refractivity contribution in [2.75, 3.05) is 31.6 Å². The molecule has 0 radical (unpaired) electrons. The van der Waals surface area contributed by atoms with Crippen molar-refractivity contribution in [3.05, 3.63) is 59.4 Å². The molecule has 1 aromatic carbocycles. The first kappa shape index (κ1) is 18.7. The number of benzene rings is 1. The molecule has 2 aromatic rings. The quantitative estimate of drug-likeness (QED) is 0.466. The SMILES string of the molecule is Cc1ccc(C(Nc2ncccn2)C(=[N+]=[N-])C(=O)ON2CCOCC2)cc1. The Labute approximate surface area is 156 Å². The molecule has 0 amide bonds. The van der Waals surface area contributed by atoms with Crippen LogP contribution in [-0.2, 0) is 14.4 Å². The highest BCUT2D eigenvalue weighted by Crippen LogP contribution is 2.20. The molecule has 1 atom stereocenters. The zero-order valence-corrected chi connectivity index (χ0v) is 14.9. The second-order valence-corrected chi connectivity index (χ2v) is 5.97. The van der Waals surface area contributed by atoms with Gasteiger partial charge < -0.3 is 20.4 Å². The summed E-state index contributed by atoms with van der Waals surface area (Å²) in [6, 6.07) is 8.37. The Kier molecular flexibility index (Phi) is 6.22. The van der Waals surface area contributed by atoms with Crippen LogP contribution >= 0.6 is 0 Å². The summed E-state index contributed by atoms with van der Waals surface area (Å²) in [5.41, 5.74) is 11.1. The van der Waals surface area contributed by atoms with Gasteiger partial charge in [0, 0.05) is 12.4 Å². The van der Waals surface area contributed by atoms with Gasteiger partial charge in [-0.3, -0.25) is 0 Å². The summed E-state index contributed by atoms with van der Waals surface area (Å²) >= 11 is 0. The van der Waals surface area contributed by atoms with Crippen LogP contribution in [0.2, 0.25) is 0 Å². The first-order chi connectivity index (χ1) is 13.2. The predicted molar refractivity (Wildman–Crippen MR) is 96.7 cm³/mol. The molecular formula is C18H20N6O3. The van der Waals surface area contributed by atoms with Gasteiger partial charge in [0.2, 0.25) is 5.95 Å². The smallest absolute Gasteiger partial charge is 0.379 e. The monoisotopic (exact) mass is 368 g/mol. The lowest BCUT2D eigenvalue weighted by Gasteiger charge is -2.24. The molecule has 0 bridgehead atoms. The molecule has 1 aliphatic heterocycles. The van der Waals surface area contributed by atoms with Gasteiger partial charge in [0.05, 0.1) is 26.3 Å². The molecule has 140 valence electrons. The third-order valence-electron chi connectivity index (χ3n) is 4.02. The highest BCUT2D eigenvalue weighted by Gasteiger charge is 2.36. The lowest BCUT2D eigenvalue weighted by molar-refractivity contribution is -0.200. The Balaban J connectivity index is 1.85. The summed E-state index contributed by atoms with van der Waals surface area (Å²) in [4.78, 5) is 29.4. The highest BCUT2D eigenvalue weighted by atomic mass is 16.7. The van der Waals surface area contributed by atoms with Crippen molar-refractivity contribution in [1.82, 2.24) is 15.0 Å². The van der Waals surface area contributed by atoms with E-state index in [0.29, 0.717) is 37.8 Å². The fraction of sp³-hybridized carbons (Fsp3) is 0.333. The van der Waals surface area contributed by atoms with Crippen molar-refractivity contribution in [3.8, 4) is 0 Å². The largest absolute Gasteiger partial charge is 0.438 e. The number of anilines is 1. The van der Waals surface area contributed by atoms with Crippen LogP contribution in [0.3, 0.4) is 0 Å². The molecule has 1 aromatic heterocycles. The van der Waals surface area contributed by atoms with E-state index in [2.05, 4.69) is 20.1 Å². The maximum Gasteiger partial charge on any atom is 0.438 e. The van der Waals surface area contributed by atoms with Gasteiger partial charge in [-0.25, -0.2) is 14.8 Å². The van der Waals surface area contributed by atoms with E-state index in [1.165, 1.54) is 5.06 Å². The zero-order chi connectivity index (χ0) is 19.1. The standard InChI is InChI=1S/C18H20N6O3/c1-13-3-5-14(6-4-13)15(22-18-20-7-2-8-21-18)16(23-19)17(25)27-24-9-11-26-12-10-24/h2-8,15H,9-12H2,1H3,(H,20,21,22). The molecule has 3 rings (SSSR count). The molecule has 2 heterocycles. The first-order valence-electron chi connectivity index (χ1n) is 8.54. The molecule has 1 unspecified atom stereocenters. The number of nitrogens with one attached hydrogen (secondary N) is 1. The van der Waals surface area contributed by atoms with E-state index >= 15 is 0 Å². The van der Waals surface area contributed by atoms with Crippen LogP contribution in [0.25, 0.3) is 5.53 Å². The average molecular weight is 368 g/mol. The Bertz CT molecular complexity index is 815. The predicted octanol–water partition coefficient (Wildman–Crippen LogP) is 1.40. The van der Waals surface area contributed by atoms with E-state index in [1.807, 2.05) is 31.2 Å². The van der Waals surface area contributed by atoms with Crippen molar-refractivity contribution in [2.45, 2.75) is 13.0 Å². The molecule has 0 aliphatic carbocycles. The molecule has 0 spiro atoms. The van der Waals surface area contributed by atoms with Crippen LogP contribution in [0.4, 0.5) is 5.95 Å². The molecule has 27 heavy (non-hydrogen) atoms. The normalized spacial score (nSPS) is 15.4. The van der Waals surface area contributed by atoms with Crippen LogP contribution in [-0.4, -0.2) is 57.8 Å². The minimum absolute atomic E-state index is 0.196. The topological polar surface area (TPSA) is 113 Å². The van der Waals surface area contributed by atoms with Gasteiger partial charge in [-0.2, -0.15) is 4.79 Å². The Hall–Kier alpha value is -3.13. The van der Waals surface area contributed by atoms with E-state index in [1.54, 1.807) is 18.5 Å². The molecule has 9 heteroatoms. The number of hydrogen-bond acceptors (Lipinski definition) is 7. The molecule has 1 aliphatic rings. The fourth-order valence-corrected chi connectivity index (χ4v) is 2.59. The molecule has 9 nitrogen and oxygen atoms in total. The number of morpholine rings is 1. The Morgan fingerprint density at radius 1 is 1.26 bits per heavy atom. The van der Waals surface area contributed by atoms with Gasteiger partial charge in [-0.1, -0.05) is 29.8 Å². The third-order valence-corrected chi connectivity index (χ3v) is 4.02. The van der Waals surface area contributed by atoms with Gasteiger partial charge in [-0.15, -0.1) is 5.06 Å². The van der Waals surface area contributed by atoms with E-state index in [9.17, 15) is 10.3 Å². The van der Waals surface area contributed by atoms with E-state index in [-0.39, 0.29) is 5.71 Å². The van der Waals surface area contributed by atoms with Crippen LogP contribution in [0.1, 0.15) is 17.2 Å². The summed E-state index contributed by atoms with van der Waals surface area (Å²) in [6.07, 6.45) is 3.15. The summed E-state index contributed by atoms with van der Waals surface area (Å²) in [5.74, 6) is -0.461. The van der Waals surface area contributed by atoms with E-state index < -0.39 is 12.0 Å². The van der Waals surface area contributed by atoms with E-state index in [4.69, 9.17) is 9.57 Å². The second kappa shape index (κ2) is 9.00. The number of carbonyl (C=O) groups excluding carboxylic acids is 1. The lowest BCUT2D eigenvalue weighted by atomic mass is 10.0. The molecular weight excluding hydrogens is 348 g/mol. The zero-order valence-electron chi connectivity index (χ0n) is 14.9. The molecule has 1 N–H and O–H groups in total. The summed E-state index contributed by atoms with van der Waals surface area (Å²) < 4.78 is 5.23. The van der Waals surface area contributed by atoms with Gasteiger partial charge in [0.15, 0.2) is 6.04 Å². The van der Waals surface area contributed by atoms with E-state index in [0.717, 1.165) is 5.56 Å². The number of ether oxygens (including phenoxy) is 1. The second-order valence-electron chi connectivity index (χ2n) is 5.97. The minimum Gasteiger partial charge on any atom is -0.379 e.